The van der Waals surface area contributed by atoms with E-state index < -0.39 is 51.9 Å². The molecule has 0 spiro atoms. The van der Waals surface area contributed by atoms with Crippen molar-refractivity contribution in [2.75, 3.05) is 12.3 Å². The van der Waals surface area contributed by atoms with Crippen LogP contribution in [0.25, 0.3) is 16.8 Å². The lowest BCUT2D eigenvalue weighted by molar-refractivity contribution is -0.148. The number of amides is 2. The van der Waals surface area contributed by atoms with Gasteiger partial charge in [-0.1, -0.05) is 52.0 Å². The molecular formula is C28H39N5O6S. The molecule has 40 heavy (non-hydrogen) atoms. The van der Waals surface area contributed by atoms with E-state index >= 15 is 0 Å². The van der Waals surface area contributed by atoms with Crippen LogP contribution in [0.1, 0.15) is 64.6 Å². The molecule has 1 aromatic carbocycles. The molecule has 1 saturated heterocycles. The van der Waals surface area contributed by atoms with Crippen molar-refractivity contribution < 1.29 is 27.9 Å². The highest BCUT2D eigenvalue weighted by Gasteiger charge is 2.33. The van der Waals surface area contributed by atoms with Crippen molar-refractivity contribution in [1.82, 2.24) is 25.5 Å². The molecule has 2 amide bonds. The molecule has 0 saturated carbocycles. The first kappa shape index (κ1) is 31.2. The first-order valence-electron chi connectivity index (χ1n) is 13.4. The van der Waals surface area contributed by atoms with Gasteiger partial charge < -0.3 is 10.4 Å². The van der Waals surface area contributed by atoms with E-state index in [9.17, 15) is 27.9 Å². The summed E-state index contributed by atoms with van der Waals surface area (Å²) in [6, 6.07) is 5.10. The van der Waals surface area contributed by atoms with Crippen LogP contribution in [-0.2, 0) is 24.4 Å². The maximum Gasteiger partial charge on any atom is 0.322 e. The second kappa shape index (κ2) is 13.3. The first-order valence-corrected chi connectivity index (χ1v) is 15.1. The average Bonchev–Trinajstić information content (AvgIpc) is 2.90. The molecule has 1 aliphatic heterocycles. The van der Waals surface area contributed by atoms with Crippen LogP contribution in [0.15, 0.2) is 36.5 Å². The highest BCUT2D eigenvalue weighted by atomic mass is 32.2. The largest absolute Gasteiger partial charge is 0.480 e. The number of fused-ring (bicyclic) bond motifs is 1. The minimum atomic E-state index is -3.89. The number of pyridine rings is 1. The Labute approximate surface area is 235 Å². The topological polar surface area (TPSA) is 158 Å². The zero-order valence-electron chi connectivity index (χ0n) is 23.5. The minimum Gasteiger partial charge on any atom is -0.480 e. The highest BCUT2D eigenvalue weighted by molar-refractivity contribution is 7.89. The van der Waals surface area contributed by atoms with Crippen molar-refractivity contribution >= 4 is 44.7 Å². The highest BCUT2D eigenvalue weighted by Crippen LogP contribution is 2.22. The maximum absolute atomic E-state index is 13.0. The number of nitrogens with one attached hydrogen (secondary N) is 3. The van der Waals surface area contributed by atoms with E-state index in [0.29, 0.717) is 31.0 Å². The molecule has 4 N–H and O–H groups in total. The summed E-state index contributed by atoms with van der Waals surface area (Å²) in [5, 5.41) is 15.0. The van der Waals surface area contributed by atoms with Gasteiger partial charge in [-0.15, -0.1) is 0 Å². The Bertz CT molecular complexity index is 1370. The van der Waals surface area contributed by atoms with Gasteiger partial charge in [0, 0.05) is 18.1 Å². The van der Waals surface area contributed by atoms with Gasteiger partial charge in [-0.25, -0.2) is 18.6 Å². The van der Waals surface area contributed by atoms with Gasteiger partial charge in [0.2, 0.25) is 15.9 Å². The van der Waals surface area contributed by atoms with Crippen LogP contribution in [-0.4, -0.2) is 71.7 Å². The van der Waals surface area contributed by atoms with Gasteiger partial charge in [0.05, 0.1) is 11.4 Å². The second-order valence-electron chi connectivity index (χ2n) is 10.8. The third-order valence-corrected chi connectivity index (χ3v) is 8.02. The number of hydrazine groups is 1. The Hall–Kier alpha value is -3.35. The molecule has 218 valence electrons. The molecule has 12 heteroatoms. The number of carboxylic acid groups (broad SMARTS) is 1. The summed E-state index contributed by atoms with van der Waals surface area (Å²) in [6.45, 7) is 9.41. The van der Waals surface area contributed by atoms with Crippen LogP contribution >= 0.6 is 0 Å². The molecule has 1 aliphatic rings. The molecule has 2 aromatic rings. The Morgan fingerprint density at radius 1 is 1.15 bits per heavy atom. The minimum absolute atomic E-state index is 0.306. The zero-order valence-corrected chi connectivity index (χ0v) is 24.4. The Morgan fingerprint density at radius 3 is 2.52 bits per heavy atom. The lowest BCUT2D eigenvalue weighted by Crippen LogP contribution is -2.60. The fourth-order valence-electron chi connectivity index (χ4n) is 4.38. The van der Waals surface area contributed by atoms with E-state index in [2.05, 4.69) is 46.4 Å². The predicted octanol–water partition coefficient (Wildman–Crippen LogP) is 2.40. The van der Waals surface area contributed by atoms with E-state index in [1.807, 2.05) is 12.1 Å². The summed E-state index contributed by atoms with van der Waals surface area (Å²) in [5.74, 6) is -2.59. The first-order chi connectivity index (χ1) is 18.8. The SMILES string of the molecule is CC(C)c1ccc2cnc(/C=C/CS(=O)(=O)N[C@H](C(=O)N[C@@H](C)C(=O)N3CCC[C@@H](C(=O)O)N3)C(C)C)cc2c1. The van der Waals surface area contributed by atoms with E-state index in [-0.39, 0.29) is 5.75 Å². The van der Waals surface area contributed by atoms with Crippen molar-refractivity contribution in [3.8, 4) is 0 Å². The molecule has 11 nitrogen and oxygen atoms in total. The fourth-order valence-corrected chi connectivity index (χ4v) is 5.59. The van der Waals surface area contributed by atoms with Crippen molar-refractivity contribution in [2.45, 2.75) is 71.5 Å². The number of aromatic nitrogens is 1. The fraction of sp³-hybridized carbons (Fsp3) is 0.500. The standard InChI is InChI=1S/C28H39N5O6S/c1-17(2)20-10-11-21-16-29-23(15-22(21)14-20)8-7-13-40(38,39)32-25(18(3)4)26(34)30-19(5)27(35)33-12-6-9-24(31-33)28(36)37/h7-8,10-11,14-19,24-25,31-32H,6,9,12-13H2,1-5H3,(H,30,34)(H,36,37)/b8-7+/t19-,24-,25-/m0/s1. The molecule has 1 aromatic heterocycles. The summed E-state index contributed by atoms with van der Waals surface area (Å²) in [5.41, 5.74) is 4.48. The van der Waals surface area contributed by atoms with Crippen LogP contribution in [0.3, 0.4) is 0 Å². The molecular weight excluding hydrogens is 534 g/mol. The zero-order chi connectivity index (χ0) is 29.6. The van der Waals surface area contributed by atoms with Gasteiger partial charge in [-0.3, -0.25) is 24.4 Å². The number of nitrogens with zero attached hydrogens (tertiary/aromatic N) is 2. The summed E-state index contributed by atoms with van der Waals surface area (Å²) >= 11 is 0. The number of hydrogen-bond acceptors (Lipinski definition) is 7. The smallest absolute Gasteiger partial charge is 0.322 e. The van der Waals surface area contributed by atoms with Gasteiger partial charge in [-0.2, -0.15) is 0 Å². The molecule has 1 fully saturated rings. The van der Waals surface area contributed by atoms with Crippen LogP contribution in [0.4, 0.5) is 0 Å². The van der Waals surface area contributed by atoms with Gasteiger partial charge >= 0.3 is 5.97 Å². The number of carbonyl (C=O) groups is 3. The molecule has 0 bridgehead atoms. The number of aliphatic carboxylic acids is 1. The van der Waals surface area contributed by atoms with E-state index in [1.165, 1.54) is 23.6 Å². The Morgan fingerprint density at radius 2 is 1.88 bits per heavy atom. The van der Waals surface area contributed by atoms with Gasteiger partial charge in [-0.05, 0) is 54.7 Å². The molecule has 0 radical (unpaired) electrons. The van der Waals surface area contributed by atoms with E-state index in [4.69, 9.17) is 0 Å². The molecule has 2 heterocycles. The van der Waals surface area contributed by atoms with Crippen LogP contribution < -0.4 is 15.5 Å². The second-order valence-corrected chi connectivity index (χ2v) is 12.6. The van der Waals surface area contributed by atoms with Gasteiger partial charge in [0.1, 0.15) is 18.1 Å². The monoisotopic (exact) mass is 573 g/mol. The van der Waals surface area contributed by atoms with Crippen molar-refractivity contribution in [2.24, 2.45) is 5.92 Å². The van der Waals surface area contributed by atoms with Crippen molar-refractivity contribution in [1.29, 1.82) is 0 Å². The quantitative estimate of drug-likeness (QED) is 0.319. The number of carboxylic acids is 1. The average molecular weight is 574 g/mol. The third-order valence-electron chi connectivity index (χ3n) is 6.77. The normalized spacial score (nSPS) is 17.9. The number of sulfonamides is 1. The predicted molar refractivity (Wildman–Crippen MR) is 154 cm³/mol. The molecule has 3 atom stereocenters. The van der Waals surface area contributed by atoms with E-state index in [1.54, 1.807) is 26.1 Å². The third kappa shape index (κ3) is 8.33. The molecule has 3 rings (SSSR count). The van der Waals surface area contributed by atoms with Crippen molar-refractivity contribution in [3.05, 3.63) is 47.8 Å². The summed E-state index contributed by atoms with van der Waals surface area (Å²) in [6.07, 6.45) is 5.75. The van der Waals surface area contributed by atoms with Crippen LogP contribution in [0.2, 0.25) is 0 Å². The Kier molecular flexibility index (Phi) is 10.4. The number of carbonyl (C=O) groups excluding carboxylic acids is 2. The number of hydrogen-bond donors (Lipinski definition) is 4. The van der Waals surface area contributed by atoms with E-state index in [0.717, 1.165) is 10.8 Å². The van der Waals surface area contributed by atoms with Crippen molar-refractivity contribution in [3.63, 3.8) is 0 Å². The maximum atomic E-state index is 13.0. The van der Waals surface area contributed by atoms with Crippen LogP contribution in [0.5, 0.6) is 0 Å². The number of benzene rings is 1. The lowest BCUT2D eigenvalue weighted by atomic mass is 10.00. The summed E-state index contributed by atoms with van der Waals surface area (Å²) in [7, 11) is -3.89. The lowest BCUT2D eigenvalue weighted by Gasteiger charge is -2.34. The Balaban J connectivity index is 1.62. The summed E-state index contributed by atoms with van der Waals surface area (Å²) in [4.78, 5) is 41.4. The molecule has 0 aliphatic carbocycles. The molecule has 0 unspecified atom stereocenters. The van der Waals surface area contributed by atoms with Gasteiger partial charge in [0.15, 0.2) is 0 Å². The summed E-state index contributed by atoms with van der Waals surface area (Å²) < 4.78 is 28.1. The van der Waals surface area contributed by atoms with Crippen LogP contribution in [0, 0.1) is 5.92 Å². The number of rotatable bonds is 11. The van der Waals surface area contributed by atoms with Gasteiger partial charge in [0.25, 0.3) is 5.91 Å².